The van der Waals surface area contributed by atoms with Crippen LogP contribution in [-0.2, 0) is 4.74 Å². The molecule has 0 amide bonds. The van der Waals surface area contributed by atoms with Crippen molar-refractivity contribution in [2.45, 2.75) is 51.6 Å². The van der Waals surface area contributed by atoms with E-state index in [9.17, 15) is 0 Å². The van der Waals surface area contributed by atoms with Gasteiger partial charge in [0.2, 0.25) is 0 Å². The van der Waals surface area contributed by atoms with Crippen LogP contribution in [0.15, 0.2) is 0 Å². The number of hydrogen-bond donors (Lipinski definition) is 1. The molecule has 3 heteroatoms. The van der Waals surface area contributed by atoms with Crippen LogP contribution < -0.4 is 5.73 Å². The lowest BCUT2D eigenvalue weighted by Crippen LogP contribution is -2.43. The molecule has 1 aliphatic rings. The van der Waals surface area contributed by atoms with Gasteiger partial charge in [-0.1, -0.05) is 20.3 Å². The predicted octanol–water partition coefficient (Wildman–Crippen LogP) is 2.61. The minimum absolute atomic E-state index is 0.0654. The van der Waals surface area contributed by atoms with Crippen LogP contribution in [0.25, 0.3) is 0 Å². The van der Waals surface area contributed by atoms with Crippen LogP contribution in [0.1, 0.15) is 46.0 Å². The van der Waals surface area contributed by atoms with Crippen molar-refractivity contribution >= 4 is 17.4 Å². The van der Waals surface area contributed by atoms with Gasteiger partial charge in [0, 0.05) is 0 Å². The third-order valence-corrected chi connectivity index (χ3v) is 3.14. The Hall–Kier alpha value is -0.310. The Morgan fingerprint density at radius 1 is 1.31 bits per heavy atom. The lowest BCUT2D eigenvalue weighted by Gasteiger charge is -2.40. The average Bonchev–Trinajstić information content (AvgIpc) is 2.04. The van der Waals surface area contributed by atoms with E-state index >= 15 is 0 Å². The maximum absolute atomic E-state index is 5.65. The molecule has 1 saturated carbocycles. The van der Waals surface area contributed by atoms with E-state index in [4.69, 9.17) is 22.7 Å². The molecule has 0 spiro atoms. The molecule has 0 heterocycles. The van der Waals surface area contributed by atoms with Crippen LogP contribution in [-0.4, -0.2) is 10.8 Å². The first-order valence-electron chi connectivity index (χ1n) is 5.05. The summed E-state index contributed by atoms with van der Waals surface area (Å²) in [5, 5.41) is 0.204. The minimum Gasteiger partial charge on any atom is -0.464 e. The molecule has 0 unspecified atom stereocenters. The zero-order valence-electron chi connectivity index (χ0n) is 8.51. The molecule has 2 nitrogen and oxygen atoms in total. The van der Waals surface area contributed by atoms with Gasteiger partial charge in [0.1, 0.15) is 5.60 Å². The van der Waals surface area contributed by atoms with Gasteiger partial charge >= 0.3 is 0 Å². The van der Waals surface area contributed by atoms with Gasteiger partial charge in [-0.2, -0.15) is 0 Å². The van der Waals surface area contributed by atoms with Crippen LogP contribution in [0.5, 0.6) is 0 Å². The summed E-state index contributed by atoms with van der Waals surface area (Å²) in [7, 11) is 0. The van der Waals surface area contributed by atoms with E-state index in [1.54, 1.807) is 0 Å². The number of rotatable bonds is 2. The van der Waals surface area contributed by atoms with Crippen molar-refractivity contribution in [2.75, 3.05) is 0 Å². The molecule has 0 atom stereocenters. The van der Waals surface area contributed by atoms with Crippen molar-refractivity contribution in [3.05, 3.63) is 0 Å². The molecule has 0 saturated heterocycles. The fraction of sp³-hybridized carbons (Fsp3) is 0.900. The van der Waals surface area contributed by atoms with E-state index in [0.717, 1.165) is 12.8 Å². The molecule has 0 aliphatic heterocycles. The van der Waals surface area contributed by atoms with Gasteiger partial charge in [-0.15, -0.1) is 0 Å². The van der Waals surface area contributed by atoms with Crippen molar-refractivity contribution in [3.63, 3.8) is 0 Å². The average molecular weight is 201 g/mol. The summed E-state index contributed by atoms with van der Waals surface area (Å²) < 4.78 is 5.65. The number of hydrogen-bond acceptors (Lipinski definition) is 2. The van der Waals surface area contributed by atoms with Crippen molar-refractivity contribution in [2.24, 2.45) is 11.7 Å². The molecule has 0 bridgehead atoms. The third-order valence-electron chi connectivity index (χ3n) is 3.06. The van der Waals surface area contributed by atoms with Crippen molar-refractivity contribution in [1.29, 1.82) is 0 Å². The first kappa shape index (κ1) is 10.8. The van der Waals surface area contributed by atoms with Gasteiger partial charge in [-0.3, -0.25) is 0 Å². The molecular formula is C10H19NOS. The molecular weight excluding hydrogens is 182 g/mol. The zero-order valence-corrected chi connectivity index (χ0v) is 9.32. The highest BCUT2D eigenvalue weighted by Gasteiger charge is 2.37. The van der Waals surface area contributed by atoms with Crippen molar-refractivity contribution in [3.8, 4) is 0 Å². The van der Waals surface area contributed by atoms with Gasteiger partial charge in [0.05, 0.1) is 0 Å². The molecule has 0 radical (unpaired) electrons. The van der Waals surface area contributed by atoms with E-state index in [1.165, 1.54) is 19.3 Å². The second kappa shape index (κ2) is 4.27. The van der Waals surface area contributed by atoms with Crippen molar-refractivity contribution in [1.82, 2.24) is 0 Å². The van der Waals surface area contributed by atoms with Gasteiger partial charge in [-0.25, -0.2) is 0 Å². The first-order chi connectivity index (χ1) is 6.07. The summed E-state index contributed by atoms with van der Waals surface area (Å²) in [6, 6.07) is 0. The fourth-order valence-corrected chi connectivity index (χ4v) is 2.31. The number of thiocarbonyl (C=S) groups is 1. The second-order valence-corrected chi connectivity index (χ2v) is 4.60. The quantitative estimate of drug-likeness (QED) is 0.697. The minimum atomic E-state index is -0.0654. The summed E-state index contributed by atoms with van der Waals surface area (Å²) >= 11 is 4.82. The van der Waals surface area contributed by atoms with Gasteiger partial charge in [0.15, 0.2) is 0 Å². The Morgan fingerprint density at radius 2 is 1.85 bits per heavy atom. The monoisotopic (exact) mass is 201 g/mol. The molecule has 1 rings (SSSR count). The fourth-order valence-electron chi connectivity index (χ4n) is 2.15. The summed E-state index contributed by atoms with van der Waals surface area (Å²) in [6.45, 7) is 4.37. The van der Waals surface area contributed by atoms with E-state index in [2.05, 4.69) is 13.8 Å². The van der Waals surface area contributed by atoms with Crippen LogP contribution >= 0.6 is 12.2 Å². The Bertz CT molecular complexity index is 185. The largest absolute Gasteiger partial charge is 0.464 e. The topological polar surface area (TPSA) is 35.2 Å². The van der Waals surface area contributed by atoms with E-state index < -0.39 is 0 Å². The SMILES string of the molecule is CC(C)C1(OC(N)=S)CCCCC1. The molecule has 0 aromatic carbocycles. The van der Waals surface area contributed by atoms with Crippen LogP contribution in [0, 0.1) is 5.92 Å². The smallest absolute Gasteiger partial charge is 0.254 e. The standard InChI is InChI=1S/C10H19NOS/c1-8(2)10(12-9(11)13)6-4-3-5-7-10/h8H,3-7H2,1-2H3,(H2,11,13). The molecule has 1 fully saturated rings. The number of nitrogens with two attached hydrogens (primary N) is 1. The molecule has 0 aromatic rings. The second-order valence-electron chi connectivity index (χ2n) is 4.20. The highest BCUT2D eigenvalue weighted by atomic mass is 32.1. The highest BCUT2D eigenvalue weighted by Crippen LogP contribution is 2.37. The molecule has 2 N–H and O–H groups in total. The molecule has 1 aliphatic carbocycles. The van der Waals surface area contributed by atoms with Gasteiger partial charge in [-0.05, 0) is 43.8 Å². The summed E-state index contributed by atoms with van der Waals surface area (Å²) in [6.07, 6.45) is 5.99. The van der Waals surface area contributed by atoms with Crippen LogP contribution in [0.4, 0.5) is 0 Å². The normalized spacial score (nSPS) is 21.5. The Labute approximate surface area is 85.8 Å². The summed E-state index contributed by atoms with van der Waals surface area (Å²) in [5.74, 6) is 0.495. The maximum Gasteiger partial charge on any atom is 0.254 e. The van der Waals surface area contributed by atoms with E-state index in [0.29, 0.717) is 5.92 Å². The van der Waals surface area contributed by atoms with Crippen molar-refractivity contribution < 1.29 is 4.74 Å². The first-order valence-corrected chi connectivity index (χ1v) is 5.46. The maximum atomic E-state index is 5.65. The summed E-state index contributed by atoms with van der Waals surface area (Å²) in [4.78, 5) is 0. The highest BCUT2D eigenvalue weighted by molar-refractivity contribution is 7.80. The zero-order chi connectivity index (χ0) is 9.90. The Morgan fingerprint density at radius 3 is 2.23 bits per heavy atom. The third kappa shape index (κ3) is 2.56. The van der Waals surface area contributed by atoms with Crippen LogP contribution in [0.2, 0.25) is 0 Å². The van der Waals surface area contributed by atoms with Gasteiger partial charge in [0.25, 0.3) is 5.17 Å². The Balaban J connectivity index is 2.67. The lowest BCUT2D eigenvalue weighted by molar-refractivity contribution is -0.0217. The molecule has 0 aromatic heterocycles. The summed E-state index contributed by atoms with van der Waals surface area (Å²) in [5.41, 5.74) is 5.39. The van der Waals surface area contributed by atoms with E-state index in [1.807, 2.05) is 0 Å². The Kier molecular flexibility index (Phi) is 3.54. The van der Waals surface area contributed by atoms with Gasteiger partial charge < -0.3 is 10.5 Å². The number of ether oxygens (including phenoxy) is 1. The molecule has 13 heavy (non-hydrogen) atoms. The molecule has 76 valence electrons. The predicted molar refractivity (Wildman–Crippen MR) is 58.5 cm³/mol. The lowest BCUT2D eigenvalue weighted by atomic mass is 9.77. The van der Waals surface area contributed by atoms with Crippen LogP contribution in [0.3, 0.4) is 0 Å². The van der Waals surface area contributed by atoms with E-state index in [-0.39, 0.29) is 10.8 Å².